The molecule has 0 radical (unpaired) electrons. The Morgan fingerprint density at radius 2 is 1.81 bits per heavy atom. The molecular formula is C19H19FN4O2S. The fraction of sp³-hybridized carbons (Fsp3) is 0.211. The molecule has 1 heterocycles. The number of carbonyl (C=O) groups excluding carboxylic acids is 1. The summed E-state index contributed by atoms with van der Waals surface area (Å²) in [5, 5.41) is 8.94. The fourth-order valence-corrected chi connectivity index (χ4v) is 3.23. The zero-order chi connectivity index (χ0) is 19.2. The fourth-order valence-electron chi connectivity index (χ4n) is 2.28. The van der Waals surface area contributed by atoms with Crippen LogP contribution in [0.5, 0.6) is 5.75 Å². The number of carbonyl (C=O) groups is 1. The largest absolute Gasteiger partial charge is 0.483 e. The molecule has 8 heteroatoms. The number of thioether (sulfide) groups is 1. The second kappa shape index (κ2) is 8.68. The van der Waals surface area contributed by atoms with E-state index in [-0.39, 0.29) is 24.0 Å². The molecule has 27 heavy (non-hydrogen) atoms. The van der Waals surface area contributed by atoms with Crippen LogP contribution < -0.4 is 4.74 Å². The maximum absolute atomic E-state index is 13.8. The van der Waals surface area contributed by atoms with Crippen molar-refractivity contribution in [2.75, 3.05) is 19.8 Å². The Kier molecular flexibility index (Phi) is 6.08. The van der Waals surface area contributed by atoms with Crippen molar-refractivity contribution in [3.63, 3.8) is 0 Å². The Labute approximate surface area is 161 Å². The molecule has 0 atom stereocenters. The van der Waals surface area contributed by atoms with Crippen molar-refractivity contribution in [3.8, 4) is 11.4 Å². The van der Waals surface area contributed by atoms with Gasteiger partial charge in [-0.15, -0.1) is 10.2 Å². The van der Waals surface area contributed by atoms with Crippen molar-refractivity contribution in [1.82, 2.24) is 19.7 Å². The zero-order valence-electron chi connectivity index (χ0n) is 15.0. The van der Waals surface area contributed by atoms with Crippen molar-refractivity contribution < 1.29 is 13.9 Å². The molecule has 0 unspecified atom stereocenters. The summed E-state index contributed by atoms with van der Waals surface area (Å²) in [5.41, 5.74) is 0.842. The predicted octanol–water partition coefficient (Wildman–Crippen LogP) is 3.17. The molecule has 0 spiro atoms. The third-order valence-electron chi connectivity index (χ3n) is 3.73. The van der Waals surface area contributed by atoms with Gasteiger partial charge in [0.05, 0.1) is 5.75 Å². The van der Waals surface area contributed by atoms with E-state index >= 15 is 0 Å². The molecule has 2 aromatic carbocycles. The second-order valence-corrected chi connectivity index (χ2v) is 6.81. The molecule has 140 valence electrons. The molecular weight excluding hydrogens is 367 g/mol. The summed E-state index contributed by atoms with van der Waals surface area (Å²) in [4.78, 5) is 13.4. The van der Waals surface area contributed by atoms with E-state index in [2.05, 4.69) is 10.2 Å². The third-order valence-corrected chi connectivity index (χ3v) is 4.65. The highest BCUT2D eigenvalue weighted by atomic mass is 32.2. The Hall–Kier alpha value is -2.87. The smallest absolute Gasteiger partial charge is 0.232 e. The van der Waals surface area contributed by atoms with Gasteiger partial charge in [-0.2, -0.15) is 0 Å². The Balaban J connectivity index is 1.85. The van der Waals surface area contributed by atoms with E-state index in [1.165, 1.54) is 22.7 Å². The highest BCUT2D eigenvalue weighted by Gasteiger charge is 2.17. The highest BCUT2D eigenvalue weighted by molar-refractivity contribution is 7.99. The van der Waals surface area contributed by atoms with Gasteiger partial charge in [-0.05, 0) is 24.3 Å². The molecule has 3 rings (SSSR count). The number of ether oxygens (including phenoxy) is 1. The number of aromatic nitrogens is 3. The van der Waals surface area contributed by atoms with Crippen LogP contribution in [0.25, 0.3) is 5.69 Å². The molecule has 0 aliphatic rings. The minimum atomic E-state index is -0.436. The standard InChI is InChI=1S/C19H19FN4O2S/c1-23(2)18(25)13-27-19-22-21-17(24(19)14-8-4-3-5-9-14)12-26-16-11-7-6-10-15(16)20/h3-11H,12-13H2,1-2H3. The van der Waals surface area contributed by atoms with Crippen molar-refractivity contribution in [3.05, 3.63) is 66.2 Å². The van der Waals surface area contributed by atoms with Gasteiger partial charge >= 0.3 is 0 Å². The first kappa shape index (κ1) is 18.9. The van der Waals surface area contributed by atoms with Gasteiger partial charge < -0.3 is 9.64 Å². The number of para-hydroxylation sites is 2. The maximum atomic E-state index is 13.8. The lowest BCUT2D eigenvalue weighted by atomic mass is 10.3. The molecule has 0 saturated carbocycles. The Morgan fingerprint density at radius 3 is 2.52 bits per heavy atom. The minimum Gasteiger partial charge on any atom is -0.483 e. The van der Waals surface area contributed by atoms with Crippen LogP contribution in [-0.4, -0.2) is 45.4 Å². The number of rotatable bonds is 7. The number of amides is 1. The van der Waals surface area contributed by atoms with Crippen LogP contribution in [0.1, 0.15) is 5.82 Å². The van der Waals surface area contributed by atoms with Crippen LogP contribution in [0.3, 0.4) is 0 Å². The first-order valence-electron chi connectivity index (χ1n) is 8.26. The summed E-state index contributed by atoms with van der Waals surface area (Å²) in [6.45, 7) is 0.0466. The Bertz CT molecular complexity index is 915. The van der Waals surface area contributed by atoms with Crippen LogP contribution in [-0.2, 0) is 11.4 Å². The molecule has 0 fully saturated rings. The van der Waals surface area contributed by atoms with Crippen LogP contribution in [0.15, 0.2) is 59.8 Å². The molecule has 1 amide bonds. The molecule has 0 bridgehead atoms. The average molecular weight is 386 g/mol. The van der Waals surface area contributed by atoms with E-state index in [4.69, 9.17) is 4.74 Å². The van der Waals surface area contributed by atoms with Crippen LogP contribution in [0.4, 0.5) is 4.39 Å². The van der Waals surface area contributed by atoms with Gasteiger partial charge in [0.2, 0.25) is 5.91 Å². The van der Waals surface area contributed by atoms with Gasteiger partial charge in [0.25, 0.3) is 0 Å². The van der Waals surface area contributed by atoms with Crippen LogP contribution in [0, 0.1) is 5.82 Å². The summed E-state index contributed by atoms with van der Waals surface area (Å²) in [6, 6.07) is 15.7. The monoisotopic (exact) mass is 386 g/mol. The van der Waals surface area contributed by atoms with Gasteiger partial charge in [-0.3, -0.25) is 9.36 Å². The molecule has 0 N–H and O–H groups in total. The summed E-state index contributed by atoms with van der Waals surface area (Å²) in [6.07, 6.45) is 0. The quantitative estimate of drug-likeness (QED) is 0.584. The maximum Gasteiger partial charge on any atom is 0.232 e. The number of benzene rings is 2. The second-order valence-electron chi connectivity index (χ2n) is 5.87. The lowest BCUT2D eigenvalue weighted by molar-refractivity contribution is -0.125. The number of nitrogens with zero attached hydrogens (tertiary/aromatic N) is 4. The topological polar surface area (TPSA) is 60.3 Å². The molecule has 0 saturated heterocycles. The minimum absolute atomic E-state index is 0.0215. The van der Waals surface area contributed by atoms with Crippen LogP contribution in [0.2, 0.25) is 0 Å². The van der Waals surface area contributed by atoms with E-state index < -0.39 is 5.82 Å². The zero-order valence-corrected chi connectivity index (χ0v) is 15.8. The summed E-state index contributed by atoms with van der Waals surface area (Å²) in [5.74, 6) is 0.453. The molecule has 0 aliphatic heterocycles. The van der Waals surface area contributed by atoms with Crippen LogP contribution >= 0.6 is 11.8 Å². The van der Waals surface area contributed by atoms with E-state index in [9.17, 15) is 9.18 Å². The first-order chi connectivity index (χ1) is 13.1. The summed E-state index contributed by atoms with van der Waals surface area (Å²) in [7, 11) is 3.41. The van der Waals surface area contributed by atoms with E-state index in [1.807, 2.05) is 34.9 Å². The SMILES string of the molecule is CN(C)C(=O)CSc1nnc(COc2ccccc2F)n1-c1ccccc1. The number of halogens is 1. The van der Waals surface area contributed by atoms with Gasteiger partial charge in [0, 0.05) is 19.8 Å². The Morgan fingerprint density at radius 1 is 1.11 bits per heavy atom. The van der Waals surface area contributed by atoms with E-state index in [1.54, 1.807) is 32.3 Å². The van der Waals surface area contributed by atoms with Crippen molar-refractivity contribution in [2.24, 2.45) is 0 Å². The molecule has 3 aromatic rings. The lowest BCUT2D eigenvalue weighted by Gasteiger charge is -2.12. The van der Waals surface area contributed by atoms with Crippen molar-refractivity contribution in [1.29, 1.82) is 0 Å². The van der Waals surface area contributed by atoms with Crippen molar-refractivity contribution >= 4 is 17.7 Å². The van der Waals surface area contributed by atoms with Gasteiger partial charge in [0.1, 0.15) is 6.61 Å². The lowest BCUT2D eigenvalue weighted by Crippen LogP contribution is -2.23. The van der Waals surface area contributed by atoms with Gasteiger partial charge in [0.15, 0.2) is 22.5 Å². The normalized spacial score (nSPS) is 10.6. The third kappa shape index (κ3) is 4.65. The van der Waals surface area contributed by atoms with E-state index in [0.717, 1.165) is 5.69 Å². The number of hydrogen-bond donors (Lipinski definition) is 0. The van der Waals surface area contributed by atoms with Gasteiger partial charge in [-0.1, -0.05) is 42.1 Å². The first-order valence-corrected chi connectivity index (χ1v) is 9.25. The van der Waals surface area contributed by atoms with E-state index in [0.29, 0.717) is 11.0 Å². The number of hydrogen-bond acceptors (Lipinski definition) is 5. The average Bonchev–Trinajstić information content (AvgIpc) is 3.09. The predicted molar refractivity (Wildman–Crippen MR) is 102 cm³/mol. The molecule has 0 aliphatic carbocycles. The molecule has 6 nitrogen and oxygen atoms in total. The van der Waals surface area contributed by atoms with Crippen molar-refractivity contribution in [2.45, 2.75) is 11.8 Å². The molecule has 1 aromatic heterocycles. The highest BCUT2D eigenvalue weighted by Crippen LogP contribution is 2.24. The van der Waals surface area contributed by atoms with Gasteiger partial charge in [-0.25, -0.2) is 4.39 Å². The summed E-state index contributed by atoms with van der Waals surface area (Å²) >= 11 is 1.29. The summed E-state index contributed by atoms with van der Waals surface area (Å²) < 4.78 is 21.2.